The van der Waals surface area contributed by atoms with Gasteiger partial charge in [0.05, 0.1) is 0 Å². The van der Waals surface area contributed by atoms with E-state index in [2.05, 4.69) is 13.8 Å². The molecule has 0 aliphatic rings. The number of hydrogen-bond donors (Lipinski definition) is 1. The topological polar surface area (TPSA) is 46.5 Å². The highest BCUT2D eigenvalue weighted by Crippen LogP contribution is 2.38. The molecule has 0 bridgehead atoms. The van der Waals surface area contributed by atoms with Crippen LogP contribution in [0, 0.1) is 0 Å². The molecule has 1 aromatic carbocycles. The Morgan fingerprint density at radius 1 is 1.43 bits per heavy atom. The lowest BCUT2D eigenvalue weighted by molar-refractivity contribution is 0.387. The van der Waals surface area contributed by atoms with Crippen molar-refractivity contribution in [2.75, 3.05) is 6.66 Å². The Kier molecular flexibility index (Phi) is 3.35. The molecule has 0 spiro atoms. The van der Waals surface area contributed by atoms with Crippen LogP contribution in [0.1, 0.15) is 25.3 Å². The fourth-order valence-electron chi connectivity index (χ4n) is 1.13. The van der Waals surface area contributed by atoms with Crippen LogP contribution in [0.2, 0.25) is 0 Å². The molecule has 0 fully saturated rings. The van der Waals surface area contributed by atoms with Crippen LogP contribution in [-0.2, 0) is 4.57 Å². The Balaban J connectivity index is 2.89. The third-order valence-corrected chi connectivity index (χ3v) is 2.35. The van der Waals surface area contributed by atoms with Crippen molar-refractivity contribution in [1.29, 1.82) is 0 Å². The molecule has 0 aromatic heterocycles. The Labute approximate surface area is 84.3 Å². The van der Waals surface area contributed by atoms with E-state index in [9.17, 15) is 4.57 Å². The lowest BCUT2D eigenvalue weighted by Gasteiger charge is -2.11. The lowest BCUT2D eigenvalue weighted by Crippen LogP contribution is -1.92. The molecule has 3 nitrogen and oxygen atoms in total. The molecule has 0 amide bonds. The van der Waals surface area contributed by atoms with Crippen molar-refractivity contribution in [2.24, 2.45) is 0 Å². The molecule has 0 heterocycles. The molecule has 4 heteroatoms. The Hall–Kier alpha value is -0.790. The quantitative estimate of drug-likeness (QED) is 0.786. The molecule has 78 valence electrons. The highest BCUT2D eigenvalue weighted by molar-refractivity contribution is 7.52. The monoisotopic (exact) mass is 214 g/mol. The zero-order valence-electron chi connectivity index (χ0n) is 8.60. The first kappa shape index (κ1) is 11.3. The second-order valence-corrected chi connectivity index (χ2v) is 5.41. The van der Waals surface area contributed by atoms with E-state index in [1.54, 1.807) is 12.1 Å². The van der Waals surface area contributed by atoms with E-state index in [0.717, 1.165) is 5.56 Å². The molecular formula is C10H15O3P. The van der Waals surface area contributed by atoms with Crippen LogP contribution in [0.3, 0.4) is 0 Å². The van der Waals surface area contributed by atoms with Crippen molar-refractivity contribution >= 4 is 7.60 Å². The fourth-order valence-corrected chi connectivity index (χ4v) is 1.63. The van der Waals surface area contributed by atoms with Gasteiger partial charge in [-0.25, -0.2) is 4.57 Å². The lowest BCUT2D eigenvalue weighted by atomic mass is 10.0. The fraction of sp³-hybridized carbons (Fsp3) is 0.400. The largest absolute Gasteiger partial charge is 0.425 e. The predicted octanol–water partition coefficient (Wildman–Crippen LogP) is 3.00. The van der Waals surface area contributed by atoms with Gasteiger partial charge in [-0.1, -0.05) is 26.0 Å². The molecule has 14 heavy (non-hydrogen) atoms. The maximum Gasteiger partial charge on any atom is 0.373 e. The van der Waals surface area contributed by atoms with Gasteiger partial charge in [0.25, 0.3) is 0 Å². The average molecular weight is 214 g/mol. The summed E-state index contributed by atoms with van der Waals surface area (Å²) in [5.74, 6) is 0.831. The van der Waals surface area contributed by atoms with E-state index in [1.165, 1.54) is 6.66 Å². The maximum absolute atomic E-state index is 11.0. The summed E-state index contributed by atoms with van der Waals surface area (Å²) in [5.41, 5.74) is 1.09. The van der Waals surface area contributed by atoms with Crippen molar-refractivity contribution in [1.82, 2.24) is 0 Å². The van der Waals surface area contributed by atoms with Crippen LogP contribution in [0.25, 0.3) is 0 Å². The molecule has 1 N–H and O–H groups in total. The molecule has 0 aliphatic heterocycles. The first-order valence-electron chi connectivity index (χ1n) is 4.48. The van der Waals surface area contributed by atoms with Crippen LogP contribution in [0.15, 0.2) is 24.3 Å². The third-order valence-electron chi connectivity index (χ3n) is 1.80. The summed E-state index contributed by atoms with van der Waals surface area (Å²) >= 11 is 0. The van der Waals surface area contributed by atoms with Gasteiger partial charge in [-0.05, 0) is 23.6 Å². The highest BCUT2D eigenvalue weighted by atomic mass is 31.2. The van der Waals surface area contributed by atoms with Crippen LogP contribution in [0.4, 0.5) is 0 Å². The summed E-state index contributed by atoms with van der Waals surface area (Å²) in [6.07, 6.45) is 0. The standard InChI is InChI=1S/C10H15O3P/c1-8(2)9-5-4-6-10(7-9)13-14(3,11)12/h4-8H,1-3H3,(H,11,12). The second-order valence-electron chi connectivity index (χ2n) is 3.62. The van der Waals surface area contributed by atoms with Crippen LogP contribution in [0.5, 0.6) is 5.75 Å². The second kappa shape index (κ2) is 4.16. The zero-order valence-corrected chi connectivity index (χ0v) is 9.49. The van der Waals surface area contributed by atoms with E-state index in [4.69, 9.17) is 9.42 Å². The Morgan fingerprint density at radius 3 is 2.57 bits per heavy atom. The van der Waals surface area contributed by atoms with Gasteiger partial charge in [0.15, 0.2) is 0 Å². The minimum atomic E-state index is -3.44. The van der Waals surface area contributed by atoms with Crippen molar-refractivity contribution in [3.8, 4) is 5.75 Å². The normalized spacial score (nSPS) is 15.2. The van der Waals surface area contributed by atoms with E-state index in [1.807, 2.05) is 12.1 Å². The van der Waals surface area contributed by atoms with Crippen molar-refractivity contribution in [3.05, 3.63) is 29.8 Å². The van der Waals surface area contributed by atoms with E-state index in [-0.39, 0.29) is 0 Å². The molecular weight excluding hydrogens is 199 g/mol. The molecule has 1 atom stereocenters. The number of benzene rings is 1. The van der Waals surface area contributed by atoms with Gasteiger partial charge in [-0.2, -0.15) is 0 Å². The van der Waals surface area contributed by atoms with Crippen molar-refractivity contribution in [2.45, 2.75) is 19.8 Å². The Bertz CT molecular complexity index is 354. The van der Waals surface area contributed by atoms with Gasteiger partial charge < -0.3 is 9.42 Å². The van der Waals surface area contributed by atoms with Gasteiger partial charge >= 0.3 is 7.60 Å². The van der Waals surface area contributed by atoms with Gasteiger partial charge in [0.1, 0.15) is 5.75 Å². The first-order valence-corrected chi connectivity index (χ1v) is 6.51. The molecule has 1 aromatic rings. The predicted molar refractivity (Wildman–Crippen MR) is 56.9 cm³/mol. The van der Waals surface area contributed by atoms with E-state index < -0.39 is 7.60 Å². The molecule has 0 saturated heterocycles. The number of hydrogen-bond acceptors (Lipinski definition) is 2. The van der Waals surface area contributed by atoms with E-state index >= 15 is 0 Å². The SMILES string of the molecule is CC(C)c1cccc(OP(C)(=O)O)c1. The zero-order chi connectivity index (χ0) is 10.8. The van der Waals surface area contributed by atoms with Crippen molar-refractivity contribution < 1.29 is 14.0 Å². The Morgan fingerprint density at radius 2 is 2.07 bits per heavy atom. The van der Waals surface area contributed by atoms with Crippen LogP contribution < -0.4 is 4.52 Å². The van der Waals surface area contributed by atoms with Crippen LogP contribution >= 0.6 is 7.60 Å². The van der Waals surface area contributed by atoms with Gasteiger partial charge in [0, 0.05) is 6.66 Å². The van der Waals surface area contributed by atoms with Crippen molar-refractivity contribution in [3.63, 3.8) is 0 Å². The highest BCUT2D eigenvalue weighted by Gasteiger charge is 2.12. The molecule has 0 saturated carbocycles. The first-order chi connectivity index (χ1) is 6.38. The molecule has 1 rings (SSSR count). The molecule has 1 unspecified atom stereocenters. The smallest absolute Gasteiger partial charge is 0.373 e. The minimum Gasteiger partial charge on any atom is -0.425 e. The van der Waals surface area contributed by atoms with Gasteiger partial charge in [0.2, 0.25) is 0 Å². The maximum atomic E-state index is 11.0. The number of rotatable bonds is 3. The summed E-state index contributed by atoms with van der Waals surface area (Å²) in [7, 11) is -3.44. The molecule has 0 radical (unpaired) electrons. The van der Waals surface area contributed by atoms with Gasteiger partial charge in [-0.15, -0.1) is 0 Å². The summed E-state index contributed by atoms with van der Waals surface area (Å²) in [4.78, 5) is 9.03. The summed E-state index contributed by atoms with van der Waals surface area (Å²) in [5, 5.41) is 0. The van der Waals surface area contributed by atoms with Gasteiger partial charge in [-0.3, -0.25) is 0 Å². The van der Waals surface area contributed by atoms with E-state index in [0.29, 0.717) is 11.7 Å². The summed E-state index contributed by atoms with van der Waals surface area (Å²) < 4.78 is 15.9. The molecule has 0 aliphatic carbocycles. The summed E-state index contributed by atoms with van der Waals surface area (Å²) in [6, 6.07) is 7.26. The van der Waals surface area contributed by atoms with Crippen LogP contribution in [-0.4, -0.2) is 11.6 Å². The summed E-state index contributed by atoms with van der Waals surface area (Å²) in [6.45, 7) is 5.29. The third kappa shape index (κ3) is 3.52. The average Bonchev–Trinajstić information content (AvgIpc) is 2.01. The minimum absolute atomic E-state index is 0.383.